The second-order valence-corrected chi connectivity index (χ2v) is 8.67. The van der Waals surface area contributed by atoms with E-state index in [9.17, 15) is 13.2 Å². The molecule has 0 saturated carbocycles. The molecule has 8 heteroatoms. The van der Waals surface area contributed by atoms with Crippen LogP contribution >= 0.6 is 0 Å². The first-order valence-corrected chi connectivity index (χ1v) is 10.7. The van der Waals surface area contributed by atoms with Crippen molar-refractivity contribution in [2.45, 2.75) is 50.0 Å². The van der Waals surface area contributed by atoms with E-state index in [4.69, 9.17) is 4.42 Å². The SMILES string of the molecule is CC[C@H]1CCCCN1CCCNS(=O)(=O)c1ccc2c(c1)oc(=O)n2C. The van der Waals surface area contributed by atoms with Gasteiger partial charge in [-0.2, -0.15) is 0 Å². The summed E-state index contributed by atoms with van der Waals surface area (Å²) >= 11 is 0. The topological polar surface area (TPSA) is 84.6 Å². The minimum Gasteiger partial charge on any atom is -0.408 e. The van der Waals surface area contributed by atoms with Gasteiger partial charge in [-0.25, -0.2) is 17.9 Å². The summed E-state index contributed by atoms with van der Waals surface area (Å²) in [5, 5.41) is 0. The largest absolute Gasteiger partial charge is 0.419 e. The minimum absolute atomic E-state index is 0.115. The van der Waals surface area contributed by atoms with Gasteiger partial charge < -0.3 is 9.32 Å². The maximum absolute atomic E-state index is 12.5. The Hall–Kier alpha value is -1.64. The van der Waals surface area contributed by atoms with Crippen molar-refractivity contribution in [2.24, 2.45) is 7.05 Å². The van der Waals surface area contributed by atoms with Gasteiger partial charge in [0.25, 0.3) is 0 Å². The molecule has 0 aliphatic carbocycles. The van der Waals surface area contributed by atoms with E-state index in [1.165, 1.54) is 36.0 Å². The molecule has 1 N–H and O–H groups in total. The highest BCUT2D eigenvalue weighted by Gasteiger charge is 2.21. The van der Waals surface area contributed by atoms with Gasteiger partial charge in [-0.15, -0.1) is 0 Å². The van der Waals surface area contributed by atoms with E-state index in [2.05, 4.69) is 16.5 Å². The fourth-order valence-electron chi connectivity index (χ4n) is 3.67. The molecule has 7 nitrogen and oxygen atoms in total. The third-order valence-corrected chi connectivity index (χ3v) is 6.67. The Balaban J connectivity index is 1.59. The van der Waals surface area contributed by atoms with Crippen molar-refractivity contribution in [1.82, 2.24) is 14.2 Å². The Morgan fingerprint density at radius 2 is 2.12 bits per heavy atom. The molecule has 1 saturated heterocycles. The summed E-state index contributed by atoms with van der Waals surface area (Å²) in [5.74, 6) is -0.505. The molecule has 144 valence electrons. The van der Waals surface area contributed by atoms with Gasteiger partial charge in [0.15, 0.2) is 5.58 Å². The number of piperidine rings is 1. The van der Waals surface area contributed by atoms with E-state index in [1.807, 2.05) is 0 Å². The molecular formula is C18H27N3O4S. The third-order valence-electron chi connectivity index (χ3n) is 5.21. The van der Waals surface area contributed by atoms with E-state index < -0.39 is 15.8 Å². The number of rotatable bonds is 7. The Kier molecular flexibility index (Phi) is 5.84. The molecule has 0 unspecified atom stereocenters. The van der Waals surface area contributed by atoms with Gasteiger partial charge in [-0.1, -0.05) is 13.3 Å². The second kappa shape index (κ2) is 7.94. The van der Waals surface area contributed by atoms with Crippen LogP contribution in [0.25, 0.3) is 11.1 Å². The first-order chi connectivity index (χ1) is 12.4. The molecule has 1 fully saturated rings. The zero-order valence-corrected chi connectivity index (χ0v) is 16.2. The van der Waals surface area contributed by atoms with E-state index in [0.29, 0.717) is 18.1 Å². The van der Waals surface area contributed by atoms with Crippen molar-refractivity contribution in [3.63, 3.8) is 0 Å². The number of benzene rings is 1. The van der Waals surface area contributed by atoms with Gasteiger partial charge in [0.1, 0.15) is 0 Å². The summed E-state index contributed by atoms with van der Waals surface area (Å²) in [6.07, 6.45) is 5.68. The molecule has 1 aliphatic heterocycles. The summed E-state index contributed by atoms with van der Waals surface area (Å²) < 4.78 is 34.0. The normalized spacial score (nSPS) is 19.2. The lowest BCUT2D eigenvalue weighted by Crippen LogP contribution is -2.40. The first kappa shape index (κ1) is 19.1. The minimum atomic E-state index is -3.62. The molecule has 1 aromatic heterocycles. The van der Waals surface area contributed by atoms with E-state index in [-0.39, 0.29) is 10.5 Å². The fourth-order valence-corrected chi connectivity index (χ4v) is 4.76. The molecule has 1 aliphatic rings. The first-order valence-electron chi connectivity index (χ1n) is 9.25. The fraction of sp³-hybridized carbons (Fsp3) is 0.611. The van der Waals surface area contributed by atoms with Crippen LogP contribution in [0.4, 0.5) is 0 Å². The molecule has 1 atom stereocenters. The van der Waals surface area contributed by atoms with Gasteiger partial charge in [0.2, 0.25) is 10.0 Å². The number of hydrogen-bond acceptors (Lipinski definition) is 5. The van der Waals surface area contributed by atoms with Crippen LogP contribution in [0.2, 0.25) is 0 Å². The zero-order valence-electron chi connectivity index (χ0n) is 15.4. The molecule has 0 amide bonds. The maximum Gasteiger partial charge on any atom is 0.419 e. The molecule has 26 heavy (non-hydrogen) atoms. The number of aromatic nitrogens is 1. The van der Waals surface area contributed by atoms with Gasteiger partial charge in [-0.05, 0) is 50.9 Å². The molecule has 2 heterocycles. The van der Waals surface area contributed by atoms with Gasteiger partial charge >= 0.3 is 5.76 Å². The highest BCUT2D eigenvalue weighted by molar-refractivity contribution is 7.89. The Morgan fingerprint density at radius 1 is 1.31 bits per heavy atom. The number of oxazole rings is 1. The van der Waals surface area contributed by atoms with Crippen LogP contribution in [-0.4, -0.2) is 43.6 Å². The molecular weight excluding hydrogens is 354 g/mol. The van der Waals surface area contributed by atoms with Gasteiger partial charge in [0.05, 0.1) is 10.4 Å². The molecule has 0 bridgehead atoms. The number of hydrogen-bond donors (Lipinski definition) is 1. The maximum atomic E-state index is 12.5. The van der Waals surface area contributed by atoms with Crippen molar-refractivity contribution in [3.05, 3.63) is 28.7 Å². The highest BCUT2D eigenvalue weighted by atomic mass is 32.2. The van der Waals surface area contributed by atoms with Crippen LogP contribution in [0.15, 0.2) is 32.3 Å². The Bertz CT molecular complexity index is 916. The molecule has 3 rings (SSSR count). The summed E-state index contributed by atoms with van der Waals surface area (Å²) in [7, 11) is -2.03. The van der Waals surface area contributed by atoms with Gasteiger partial charge in [-0.3, -0.25) is 4.57 Å². The smallest absolute Gasteiger partial charge is 0.408 e. The summed E-state index contributed by atoms with van der Waals surface area (Å²) in [4.78, 5) is 14.1. The van der Waals surface area contributed by atoms with E-state index in [1.54, 1.807) is 13.1 Å². The molecule has 1 aromatic carbocycles. The third kappa shape index (κ3) is 4.02. The molecule has 0 radical (unpaired) electrons. The molecule has 2 aromatic rings. The van der Waals surface area contributed by atoms with Crippen LogP contribution in [-0.2, 0) is 17.1 Å². The van der Waals surface area contributed by atoms with Gasteiger partial charge in [0, 0.05) is 25.7 Å². The van der Waals surface area contributed by atoms with Crippen molar-refractivity contribution in [2.75, 3.05) is 19.6 Å². The predicted octanol–water partition coefficient (Wildman–Crippen LogP) is 2.06. The van der Waals surface area contributed by atoms with Crippen LogP contribution in [0.5, 0.6) is 0 Å². The van der Waals surface area contributed by atoms with Crippen LogP contribution < -0.4 is 10.5 Å². The summed E-state index contributed by atoms with van der Waals surface area (Å²) in [6, 6.07) is 5.12. The van der Waals surface area contributed by atoms with E-state index in [0.717, 1.165) is 25.9 Å². The quantitative estimate of drug-likeness (QED) is 0.742. The lowest BCUT2D eigenvalue weighted by molar-refractivity contribution is 0.143. The number of sulfonamides is 1. The second-order valence-electron chi connectivity index (χ2n) is 6.90. The Labute approximate surface area is 154 Å². The summed E-state index contributed by atoms with van der Waals surface area (Å²) in [5.41, 5.74) is 0.851. The highest BCUT2D eigenvalue weighted by Crippen LogP contribution is 2.20. The number of nitrogens with one attached hydrogen (secondary N) is 1. The number of aryl methyl sites for hydroxylation is 1. The van der Waals surface area contributed by atoms with Crippen LogP contribution in [0.1, 0.15) is 39.0 Å². The average molecular weight is 381 g/mol. The number of likely N-dealkylation sites (tertiary alicyclic amines) is 1. The lowest BCUT2D eigenvalue weighted by atomic mass is 10.00. The zero-order chi connectivity index (χ0) is 18.7. The van der Waals surface area contributed by atoms with Crippen LogP contribution in [0, 0.1) is 0 Å². The van der Waals surface area contributed by atoms with E-state index >= 15 is 0 Å². The average Bonchev–Trinajstić information content (AvgIpc) is 2.92. The van der Waals surface area contributed by atoms with Crippen molar-refractivity contribution in [3.8, 4) is 0 Å². The Morgan fingerprint density at radius 3 is 2.88 bits per heavy atom. The monoisotopic (exact) mass is 381 g/mol. The predicted molar refractivity (Wildman–Crippen MR) is 101 cm³/mol. The van der Waals surface area contributed by atoms with Crippen molar-refractivity contribution >= 4 is 21.1 Å². The number of nitrogens with zero attached hydrogens (tertiary/aromatic N) is 2. The van der Waals surface area contributed by atoms with Crippen molar-refractivity contribution in [1.29, 1.82) is 0 Å². The standard InChI is InChI=1S/C18H27N3O4S/c1-3-14-7-4-5-11-21(14)12-6-10-19-26(23,24)15-8-9-16-17(13-15)25-18(22)20(16)2/h8-9,13-14,19H,3-7,10-12H2,1-2H3/t14-/m0/s1. The summed E-state index contributed by atoms with van der Waals surface area (Å²) in [6.45, 7) is 4.62. The van der Waals surface area contributed by atoms with Crippen molar-refractivity contribution < 1.29 is 12.8 Å². The number of fused-ring (bicyclic) bond motifs is 1. The molecule has 0 spiro atoms. The van der Waals surface area contributed by atoms with Crippen LogP contribution in [0.3, 0.4) is 0 Å². The lowest BCUT2D eigenvalue weighted by Gasteiger charge is -2.35.